The predicted octanol–water partition coefficient (Wildman–Crippen LogP) is 7.25. The van der Waals surface area contributed by atoms with E-state index in [0.717, 1.165) is 17.5 Å². The number of H-pyrrole nitrogens is 1. The van der Waals surface area contributed by atoms with Gasteiger partial charge in [0, 0.05) is 33.3 Å². The lowest BCUT2D eigenvalue weighted by Gasteiger charge is -2.44. The number of aromatic amines is 1. The van der Waals surface area contributed by atoms with Crippen LogP contribution in [0.15, 0.2) is 35.7 Å². The molecule has 1 fully saturated rings. The third-order valence-corrected chi connectivity index (χ3v) is 15.4. The molecule has 6 heteroatoms. The molecule has 0 aliphatic heterocycles. The van der Waals surface area contributed by atoms with Crippen LogP contribution in [0.2, 0.25) is 18.1 Å². The van der Waals surface area contributed by atoms with Crippen molar-refractivity contribution >= 4 is 35.6 Å². The van der Waals surface area contributed by atoms with Crippen molar-refractivity contribution in [1.82, 2.24) is 9.88 Å². The summed E-state index contributed by atoms with van der Waals surface area (Å²) in [5, 5.41) is 4.59. The van der Waals surface area contributed by atoms with E-state index in [1.165, 1.54) is 59.6 Å². The summed E-state index contributed by atoms with van der Waals surface area (Å²) in [7, 11) is 2.79. The van der Waals surface area contributed by atoms with Crippen LogP contribution in [0.4, 0.5) is 4.39 Å². The number of aromatic nitrogens is 1. The Morgan fingerprint density at radius 2 is 1.82 bits per heavy atom. The highest BCUT2D eigenvalue weighted by Crippen LogP contribution is 2.44. The molecule has 1 N–H and O–H groups in total. The Labute approximate surface area is 209 Å². The fourth-order valence-electron chi connectivity index (χ4n) is 6.21. The number of nitrogens with zero attached hydrogens (tertiary/aromatic N) is 1. The van der Waals surface area contributed by atoms with Gasteiger partial charge in [-0.2, -0.15) is 0 Å². The summed E-state index contributed by atoms with van der Waals surface area (Å²) in [6.07, 6.45) is 4.72. The number of fused-ring (bicyclic) bond motifs is 1. The van der Waals surface area contributed by atoms with Gasteiger partial charge in [-0.25, -0.2) is 4.39 Å². The molecule has 1 aromatic carbocycles. The van der Waals surface area contributed by atoms with Crippen molar-refractivity contribution in [3.05, 3.63) is 52.0 Å². The monoisotopic (exact) mass is 500 g/mol. The Hall–Kier alpha value is -1.47. The minimum absolute atomic E-state index is 0.167. The van der Waals surface area contributed by atoms with Gasteiger partial charge >= 0.3 is 0 Å². The lowest BCUT2D eigenvalue weighted by Crippen LogP contribution is -2.48. The van der Waals surface area contributed by atoms with Crippen LogP contribution in [0.1, 0.15) is 56.9 Å². The number of nitrogens with one attached hydrogen (secondary N) is 1. The maximum absolute atomic E-state index is 14.2. The van der Waals surface area contributed by atoms with Gasteiger partial charge in [0.1, 0.15) is 13.9 Å². The predicted molar refractivity (Wildman–Crippen MR) is 146 cm³/mol. The van der Waals surface area contributed by atoms with Crippen LogP contribution in [0.5, 0.6) is 0 Å². The Bertz CT molecular complexity index is 1060. The second-order valence-corrected chi connectivity index (χ2v) is 16.5. The molecule has 1 saturated carbocycles. The van der Waals surface area contributed by atoms with E-state index < -0.39 is 8.07 Å². The molecule has 1 aliphatic rings. The van der Waals surface area contributed by atoms with Gasteiger partial charge in [-0.3, -0.25) is 4.90 Å². The van der Waals surface area contributed by atoms with E-state index >= 15 is 0 Å². The highest BCUT2D eigenvalue weighted by atomic mass is 32.1. The minimum Gasteiger partial charge on any atom is -0.376 e. The first-order chi connectivity index (χ1) is 16.4. The number of benzene rings is 1. The van der Waals surface area contributed by atoms with Crippen molar-refractivity contribution in [2.75, 3.05) is 20.7 Å². The average molecular weight is 501 g/mol. The number of hydrogen-bond donors (Lipinski definition) is 1. The smallest absolute Gasteiger partial charge is 0.123 e. The quantitative estimate of drug-likeness (QED) is 0.297. The third kappa shape index (κ3) is 4.67. The zero-order chi connectivity index (χ0) is 24.3. The minimum atomic E-state index is -1.65. The van der Waals surface area contributed by atoms with Crippen LogP contribution in [-0.2, 0) is 16.9 Å². The molecule has 2 aromatic heterocycles. The first-order valence-electron chi connectivity index (χ1n) is 13.0. The summed E-state index contributed by atoms with van der Waals surface area (Å²) in [5.41, 5.74) is 2.43. The Morgan fingerprint density at radius 3 is 2.41 bits per heavy atom. The molecule has 4 rings (SSSR count). The van der Waals surface area contributed by atoms with E-state index in [0.29, 0.717) is 12.5 Å². The molecule has 3 nitrogen and oxygen atoms in total. The Kier molecular flexibility index (Phi) is 8.02. The number of ether oxygens (including phenoxy) is 1. The molecule has 0 unspecified atom stereocenters. The van der Waals surface area contributed by atoms with Crippen molar-refractivity contribution in [3.8, 4) is 0 Å². The maximum atomic E-state index is 14.2. The van der Waals surface area contributed by atoms with Crippen molar-refractivity contribution in [2.45, 2.75) is 76.7 Å². The number of rotatable bonds is 10. The second-order valence-electron chi connectivity index (χ2n) is 10.4. The van der Waals surface area contributed by atoms with Gasteiger partial charge in [0.2, 0.25) is 0 Å². The highest BCUT2D eigenvalue weighted by Gasteiger charge is 2.39. The van der Waals surface area contributed by atoms with Gasteiger partial charge in [0.05, 0.1) is 12.1 Å². The highest BCUT2D eigenvalue weighted by molar-refractivity contribution is 7.10. The van der Waals surface area contributed by atoms with Gasteiger partial charge in [-0.1, -0.05) is 45.0 Å². The van der Waals surface area contributed by atoms with Crippen molar-refractivity contribution < 1.29 is 9.13 Å². The van der Waals surface area contributed by atoms with Gasteiger partial charge in [0.15, 0.2) is 0 Å². The standard InChI is InChI=1S/C28H41FN2OSSi/c1-6-34(7-2,8-3)27-24(23-18-22(29)11-12-25(23)30-27)20-32-19-21-13-15-28(16-14-21,31(4)5)26-10-9-17-33-26/h9-12,17-18,21,30H,6-8,13-16,19-20H2,1-5H3. The fraction of sp³-hybridized carbons (Fsp3) is 0.571. The third-order valence-electron chi connectivity index (χ3n) is 8.80. The summed E-state index contributed by atoms with van der Waals surface area (Å²) < 4.78 is 20.6. The molecule has 34 heavy (non-hydrogen) atoms. The lowest BCUT2D eigenvalue weighted by atomic mass is 9.75. The van der Waals surface area contributed by atoms with Crippen molar-refractivity contribution in [2.24, 2.45) is 5.92 Å². The van der Waals surface area contributed by atoms with Crippen LogP contribution >= 0.6 is 11.3 Å². The van der Waals surface area contributed by atoms with Crippen LogP contribution in [-0.4, -0.2) is 38.7 Å². The number of hydrogen-bond acceptors (Lipinski definition) is 3. The van der Waals surface area contributed by atoms with Crippen molar-refractivity contribution in [1.29, 1.82) is 0 Å². The molecule has 0 spiro atoms. The largest absolute Gasteiger partial charge is 0.376 e. The van der Waals surface area contributed by atoms with Gasteiger partial charge in [0.25, 0.3) is 0 Å². The molecule has 2 heterocycles. The van der Waals surface area contributed by atoms with Gasteiger partial charge < -0.3 is 9.72 Å². The van der Waals surface area contributed by atoms with E-state index in [9.17, 15) is 4.39 Å². The molecule has 1 aliphatic carbocycles. The fourth-order valence-corrected chi connectivity index (χ4v) is 11.1. The van der Waals surface area contributed by atoms with E-state index in [1.807, 2.05) is 17.4 Å². The molecular formula is C28H41FN2OSSi. The van der Waals surface area contributed by atoms with E-state index in [-0.39, 0.29) is 11.4 Å². The number of thiophene rings is 1. The lowest BCUT2D eigenvalue weighted by molar-refractivity contribution is 0.0308. The molecular weight excluding hydrogens is 459 g/mol. The van der Waals surface area contributed by atoms with E-state index in [1.54, 1.807) is 12.1 Å². The summed E-state index contributed by atoms with van der Waals surface area (Å²) in [5.74, 6) is 0.418. The van der Waals surface area contributed by atoms with Crippen LogP contribution in [0.25, 0.3) is 10.9 Å². The number of halogens is 1. The normalized spacial score (nSPS) is 21.6. The topological polar surface area (TPSA) is 28.3 Å². The Balaban J connectivity index is 1.48. The van der Waals surface area contributed by atoms with Crippen LogP contribution in [0.3, 0.4) is 0 Å². The first kappa shape index (κ1) is 25.6. The molecule has 3 aromatic rings. The molecule has 0 saturated heterocycles. The Morgan fingerprint density at radius 1 is 1.12 bits per heavy atom. The molecule has 0 radical (unpaired) electrons. The molecule has 0 atom stereocenters. The maximum Gasteiger partial charge on any atom is 0.123 e. The molecule has 186 valence electrons. The van der Waals surface area contributed by atoms with Crippen LogP contribution < -0.4 is 5.32 Å². The molecule has 0 bridgehead atoms. The summed E-state index contributed by atoms with van der Waals surface area (Å²) >= 11 is 1.88. The summed E-state index contributed by atoms with van der Waals surface area (Å²) in [6, 6.07) is 13.2. The average Bonchev–Trinajstić information content (AvgIpc) is 3.51. The van der Waals surface area contributed by atoms with Crippen molar-refractivity contribution in [3.63, 3.8) is 0 Å². The second kappa shape index (κ2) is 10.6. The van der Waals surface area contributed by atoms with E-state index in [4.69, 9.17) is 4.74 Å². The van der Waals surface area contributed by atoms with Gasteiger partial charge in [-0.05, 0) is 75.3 Å². The SMILES string of the molecule is CC[Si](CC)(CC)c1[nH]c2ccc(F)cc2c1COCC1CCC(c2cccs2)(N(C)C)CC1. The van der Waals surface area contributed by atoms with Crippen LogP contribution in [0, 0.1) is 11.7 Å². The molecule has 0 amide bonds. The first-order valence-corrected chi connectivity index (χ1v) is 16.5. The van der Waals surface area contributed by atoms with E-state index in [2.05, 4.69) is 62.3 Å². The zero-order valence-corrected chi connectivity index (χ0v) is 23.4. The summed E-state index contributed by atoms with van der Waals surface area (Å²) in [6.45, 7) is 8.33. The van der Waals surface area contributed by atoms with Gasteiger partial charge in [-0.15, -0.1) is 11.3 Å². The summed E-state index contributed by atoms with van der Waals surface area (Å²) in [4.78, 5) is 7.64. The zero-order valence-electron chi connectivity index (χ0n) is 21.5.